The standard InChI is InChI=1S/C9H11Br2NO2S/c1-5(2-3-13)12-9(14)6-4-7(10)15-8(6)11/h4-5,13H,2-3H2,1H3,(H,12,14). The Hall–Kier alpha value is 0.0900. The van der Waals surface area contributed by atoms with Gasteiger partial charge in [0.1, 0.15) is 0 Å². The SMILES string of the molecule is CC(CCO)NC(=O)c1cc(Br)sc1Br. The van der Waals surface area contributed by atoms with Gasteiger partial charge in [0.05, 0.1) is 13.1 Å². The smallest absolute Gasteiger partial charge is 0.253 e. The molecule has 0 saturated carbocycles. The lowest BCUT2D eigenvalue weighted by atomic mass is 10.2. The number of hydrogen-bond acceptors (Lipinski definition) is 3. The normalized spacial score (nSPS) is 12.5. The molecule has 0 aromatic carbocycles. The Morgan fingerprint density at radius 2 is 2.33 bits per heavy atom. The molecule has 1 amide bonds. The first-order chi connectivity index (χ1) is 7.04. The van der Waals surface area contributed by atoms with Crippen molar-refractivity contribution in [3.05, 3.63) is 19.2 Å². The van der Waals surface area contributed by atoms with Crippen LogP contribution in [-0.4, -0.2) is 23.7 Å². The number of nitrogens with one attached hydrogen (secondary N) is 1. The molecule has 1 aromatic heterocycles. The molecule has 0 fully saturated rings. The third-order valence-corrected chi connectivity index (χ3v) is 4.18. The minimum Gasteiger partial charge on any atom is -0.396 e. The largest absolute Gasteiger partial charge is 0.396 e. The Bertz CT molecular complexity index is 354. The van der Waals surface area contributed by atoms with Crippen LogP contribution < -0.4 is 5.32 Å². The summed E-state index contributed by atoms with van der Waals surface area (Å²) in [4.78, 5) is 11.7. The van der Waals surface area contributed by atoms with Gasteiger partial charge in [0.25, 0.3) is 5.91 Å². The number of thiophene rings is 1. The molecule has 1 heterocycles. The zero-order valence-electron chi connectivity index (χ0n) is 8.09. The molecule has 1 aromatic rings. The Balaban J connectivity index is 2.65. The van der Waals surface area contributed by atoms with Gasteiger partial charge in [-0.1, -0.05) is 0 Å². The van der Waals surface area contributed by atoms with Crippen LogP contribution in [0.3, 0.4) is 0 Å². The van der Waals surface area contributed by atoms with Gasteiger partial charge < -0.3 is 10.4 Å². The van der Waals surface area contributed by atoms with Gasteiger partial charge in [-0.15, -0.1) is 11.3 Å². The molecule has 1 atom stereocenters. The zero-order valence-corrected chi connectivity index (χ0v) is 12.1. The van der Waals surface area contributed by atoms with E-state index >= 15 is 0 Å². The van der Waals surface area contributed by atoms with E-state index in [0.717, 1.165) is 7.57 Å². The van der Waals surface area contributed by atoms with E-state index in [2.05, 4.69) is 37.2 Å². The van der Waals surface area contributed by atoms with Gasteiger partial charge >= 0.3 is 0 Å². The molecule has 1 unspecified atom stereocenters. The van der Waals surface area contributed by atoms with Crippen molar-refractivity contribution in [2.75, 3.05) is 6.61 Å². The number of aliphatic hydroxyl groups excluding tert-OH is 1. The number of hydrogen-bond donors (Lipinski definition) is 2. The number of aliphatic hydroxyl groups is 1. The number of rotatable bonds is 4. The van der Waals surface area contributed by atoms with Crippen LogP contribution in [0.2, 0.25) is 0 Å². The van der Waals surface area contributed by atoms with Gasteiger partial charge in [0.2, 0.25) is 0 Å². The van der Waals surface area contributed by atoms with Gasteiger partial charge in [0.15, 0.2) is 0 Å². The predicted molar refractivity (Wildman–Crippen MR) is 68.4 cm³/mol. The summed E-state index contributed by atoms with van der Waals surface area (Å²) in [5, 5.41) is 11.5. The first-order valence-electron chi connectivity index (χ1n) is 4.41. The lowest BCUT2D eigenvalue weighted by molar-refractivity contribution is 0.0934. The minimum absolute atomic E-state index is 0.0203. The highest BCUT2D eigenvalue weighted by Gasteiger charge is 2.15. The second-order valence-corrected chi connectivity index (χ2v) is 6.87. The van der Waals surface area contributed by atoms with Crippen molar-refractivity contribution >= 4 is 49.1 Å². The topological polar surface area (TPSA) is 49.3 Å². The van der Waals surface area contributed by atoms with Gasteiger partial charge in [-0.2, -0.15) is 0 Å². The summed E-state index contributed by atoms with van der Waals surface area (Å²) < 4.78 is 1.72. The molecule has 0 aliphatic rings. The second-order valence-electron chi connectivity index (χ2n) is 3.12. The molecule has 1 rings (SSSR count). The zero-order chi connectivity index (χ0) is 11.4. The van der Waals surface area contributed by atoms with E-state index in [0.29, 0.717) is 12.0 Å². The molecule has 3 nitrogen and oxygen atoms in total. The molecular formula is C9H11Br2NO2S. The van der Waals surface area contributed by atoms with Crippen molar-refractivity contribution in [3.63, 3.8) is 0 Å². The molecule has 0 bridgehead atoms. The molecule has 0 aliphatic heterocycles. The number of amides is 1. The molecule has 0 radical (unpaired) electrons. The highest BCUT2D eigenvalue weighted by atomic mass is 79.9. The second kappa shape index (κ2) is 5.98. The number of halogens is 2. The average molecular weight is 357 g/mol. The van der Waals surface area contributed by atoms with E-state index in [-0.39, 0.29) is 18.6 Å². The Kier molecular flexibility index (Phi) is 5.25. The first-order valence-corrected chi connectivity index (χ1v) is 6.81. The maximum atomic E-state index is 11.7. The summed E-state index contributed by atoms with van der Waals surface area (Å²) >= 11 is 8.10. The summed E-state index contributed by atoms with van der Waals surface area (Å²) in [6.07, 6.45) is 0.564. The molecule has 0 saturated heterocycles. The summed E-state index contributed by atoms with van der Waals surface area (Å²) in [5.41, 5.74) is 0.622. The van der Waals surface area contributed by atoms with E-state index < -0.39 is 0 Å². The summed E-state index contributed by atoms with van der Waals surface area (Å²) in [5.74, 6) is -0.121. The van der Waals surface area contributed by atoms with Crippen LogP contribution in [0.5, 0.6) is 0 Å². The van der Waals surface area contributed by atoms with E-state index in [1.807, 2.05) is 6.92 Å². The number of carbonyl (C=O) groups excluding carboxylic acids is 1. The third kappa shape index (κ3) is 3.86. The lowest BCUT2D eigenvalue weighted by Crippen LogP contribution is -2.33. The molecule has 0 spiro atoms. The maximum Gasteiger partial charge on any atom is 0.253 e. The van der Waals surface area contributed by atoms with Crippen LogP contribution in [0, 0.1) is 0 Å². The van der Waals surface area contributed by atoms with Crippen molar-refractivity contribution in [2.45, 2.75) is 19.4 Å². The Morgan fingerprint density at radius 1 is 1.67 bits per heavy atom. The van der Waals surface area contributed by atoms with Crippen LogP contribution in [-0.2, 0) is 0 Å². The summed E-state index contributed by atoms with van der Waals surface area (Å²) in [6, 6.07) is 1.75. The molecule has 0 aliphatic carbocycles. The van der Waals surface area contributed by atoms with Crippen LogP contribution in [0.4, 0.5) is 0 Å². The van der Waals surface area contributed by atoms with Crippen LogP contribution >= 0.6 is 43.2 Å². The fraction of sp³-hybridized carbons (Fsp3) is 0.444. The first kappa shape index (κ1) is 13.2. The fourth-order valence-electron chi connectivity index (χ4n) is 1.06. The van der Waals surface area contributed by atoms with Crippen LogP contribution in [0.15, 0.2) is 13.6 Å². The van der Waals surface area contributed by atoms with Crippen molar-refractivity contribution in [2.24, 2.45) is 0 Å². The van der Waals surface area contributed by atoms with E-state index in [4.69, 9.17) is 5.11 Å². The predicted octanol–water partition coefficient (Wildman–Crippen LogP) is 2.77. The van der Waals surface area contributed by atoms with Gasteiger partial charge in [-0.3, -0.25) is 4.79 Å². The molecule has 84 valence electrons. The van der Waals surface area contributed by atoms with Crippen LogP contribution in [0.25, 0.3) is 0 Å². The van der Waals surface area contributed by atoms with Crippen LogP contribution in [0.1, 0.15) is 23.7 Å². The molecule has 15 heavy (non-hydrogen) atoms. The molecular weight excluding hydrogens is 346 g/mol. The van der Waals surface area contributed by atoms with Crippen molar-refractivity contribution in [1.82, 2.24) is 5.32 Å². The van der Waals surface area contributed by atoms with Crippen molar-refractivity contribution in [3.8, 4) is 0 Å². The third-order valence-electron chi connectivity index (χ3n) is 1.84. The quantitative estimate of drug-likeness (QED) is 0.871. The lowest BCUT2D eigenvalue weighted by Gasteiger charge is -2.11. The summed E-state index contributed by atoms with van der Waals surface area (Å²) in [6.45, 7) is 1.94. The van der Waals surface area contributed by atoms with Crippen molar-refractivity contribution in [1.29, 1.82) is 0 Å². The van der Waals surface area contributed by atoms with Gasteiger partial charge in [-0.25, -0.2) is 0 Å². The highest BCUT2D eigenvalue weighted by molar-refractivity contribution is 9.12. The molecule has 2 N–H and O–H groups in total. The van der Waals surface area contributed by atoms with E-state index in [9.17, 15) is 4.79 Å². The average Bonchev–Trinajstić information content (AvgIpc) is 2.45. The number of carbonyl (C=O) groups is 1. The van der Waals surface area contributed by atoms with Crippen molar-refractivity contribution < 1.29 is 9.90 Å². The van der Waals surface area contributed by atoms with E-state index in [1.165, 1.54) is 11.3 Å². The highest BCUT2D eigenvalue weighted by Crippen LogP contribution is 2.31. The Morgan fingerprint density at radius 3 is 2.80 bits per heavy atom. The van der Waals surface area contributed by atoms with E-state index in [1.54, 1.807) is 6.07 Å². The fourth-order valence-corrected chi connectivity index (χ4v) is 3.86. The minimum atomic E-state index is -0.121. The molecule has 6 heteroatoms. The maximum absolute atomic E-state index is 11.7. The monoisotopic (exact) mass is 355 g/mol. The van der Waals surface area contributed by atoms with Gasteiger partial charge in [0, 0.05) is 12.6 Å². The summed E-state index contributed by atoms with van der Waals surface area (Å²) in [7, 11) is 0. The Labute approximate surface area is 109 Å². The van der Waals surface area contributed by atoms with Gasteiger partial charge in [-0.05, 0) is 51.3 Å².